The molecule has 17 heteroatoms. The summed E-state index contributed by atoms with van der Waals surface area (Å²) >= 11 is 0. The standard InChI is InChI=1S/C25H39N3O14/c29-20(27-19(25(35)36)17-24(33)34)3-5-37-7-9-39-11-13-41-15-16-42-14-12-40-10-8-38-6-4-26-21(30)18-28-22(31)1-2-23(28)32/h1-2,19H,3-18H2,(H,26,30)(H,27,29)(H,33,34)(H,35,36). The largest absolute Gasteiger partial charge is 0.481 e. The molecular formula is C25H39N3O14. The van der Waals surface area contributed by atoms with Crippen LogP contribution in [0.25, 0.3) is 0 Å². The van der Waals surface area contributed by atoms with Gasteiger partial charge in [0.1, 0.15) is 12.6 Å². The number of ether oxygens (including phenoxy) is 6. The third-order valence-corrected chi connectivity index (χ3v) is 5.12. The van der Waals surface area contributed by atoms with E-state index in [0.29, 0.717) is 52.9 Å². The molecule has 17 nitrogen and oxygen atoms in total. The molecule has 42 heavy (non-hydrogen) atoms. The molecule has 1 rings (SSSR count). The summed E-state index contributed by atoms with van der Waals surface area (Å²) in [6.45, 7) is 3.57. The van der Waals surface area contributed by atoms with Crippen LogP contribution in [0.5, 0.6) is 0 Å². The SMILES string of the molecule is O=C(O)CC(NC(=O)CCOCCOCCOCCOCCOCCOCCNC(=O)CN1C(=O)C=CC1=O)C(=O)O. The quantitative estimate of drug-likeness (QED) is 0.0564. The van der Waals surface area contributed by atoms with Gasteiger partial charge < -0.3 is 49.3 Å². The highest BCUT2D eigenvalue weighted by molar-refractivity contribution is 6.14. The molecule has 0 fully saturated rings. The molecule has 0 spiro atoms. The summed E-state index contributed by atoms with van der Waals surface area (Å²) in [6.07, 6.45) is 1.42. The number of rotatable bonds is 27. The first-order chi connectivity index (χ1) is 20.2. The summed E-state index contributed by atoms with van der Waals surface area (Å²) in [5.41, 5.74) is 0. The van der Waals surface area contributed by atoms with Gasteiger partial charge in [0.05, 0.1) is 85.7 Å². The van der Waals surface area contributed by atoms with Crippen molar-refractivity contribution in [3.8, 4) is 0 Å². The van der Waals surface area contributed by atoms with E-state index in [9.17, 15) is 28.8 Å². The second-order valence-corrected chi connectivity index (χ2v) is 8.43. The van der Waals surface area contributed by atoms with Crippen LogP contribution in [0.4, 0.5) is 0 Å². The molecule has 1 aliphatic rings. The Bertz CT molecular complexity index is 880. The van der Waals surface area contributed by atoms with Crippen LogP contribution in [-0.4, -0.2) is 149 Å². The average Bonchev–Trinajstić information content (AvgIpc) is 3.25. The maximum Gasteiger partial charge on any atom is 0.326 e. The Morgan fingerprint density at radius 1 is 0.667 bits per heavy atom. The molecular weight excluding hydrogens is 566 g/mol. The molecule has 0 saturated carbocycles. The highest BCUT2D eigenvalue weighted by Crippen LogP contribution is 2.02. The molecule has 0 aromatic rings. The van der Waals surface area contributed by atoms with Gasteiger partial charge in [-0.3, -0.25) is 28.9 Å². The number of aliphatic carboxylic acids is 2. The molecule has 0 aromatic carbocycles. The van der Waals surface area contributed by atoms with Gasteiger partial charge in [-0.1, -0.05) is 0 Å². The van der Waals surface area contributed by atoms with Gasteiger partial charge in [-0.2, -0.15) is 0 Å². The molecule has 4 N–H and O–H groups in total. The van der Waals surface area contributed by atoms with Crippen LogP contribution in [-0.2, 0) is 57.2 Å². The lowest BCUT2D eigenvalue weighted by atomic mass is 10.2. The smallest absolute Gasteiger partial charge is 0.326 e. The molecule has 4 amide bonds. The summed E-state index contributed by atoms with van der Waals surface area (Å²) in [5, 5.41) is 22.2. The zero-order valence-electron chi connectivity index (χ0n) is 23.3. The number of hydrogen-bond acceptors (Lipinski definition) is 12. The molecule has 0 aromatic heterocycles. The number of carbonyl (C=O) groups excluding carboxylic acids is 4. The van der Waals surface area contributed by atoms with E-state index in [2.05, 4.69) is 10.6 Å². The third-order valence-electron chi connectivity index (χ3n) is 5.12. The van der Waals surface area contributed by atoms with Crippen molar-refractivity contribution in [3.05, 3.63) is 12.2 Å². The number of nitrogens with one attached hydrogen (secondary N) is 2. The molecule has 1 unspecified atom stereocenters. The Hall–Kier alpha value is -3.48. The minimum absolute atomic E-state index is 0.0337. The Kier molecular flexibility index (Phi) is 20.1. The lowest BCUT2D eigenvalue weighted by Crippen LogP contribution is -2.42. The summed E-state index contributed by atoms with van der Waals surface area (Å²) in [4.78, 5) is 68.5. The van der Waals surface area contributed by atoms with Crippen LogP contribution >= 0.6 is 0 Å². The topological polar surface area (TPSA) is 226 Å². The zero-order chi connectivity index (χ0) is 31.0. The van der Waals surface area contributed by atoms with Gasteiger partial charge in [0, 0.05) is 25.1 Å². The number of carboxylic acid groups (broad SMARTS) is 2. The molecule has 0 bridgehead atoms. The fourth-order valence-corrected chi connectivity index (χ4v) is 3.06. The Labute approximate surface area is 242 Å². The van der Waals surface area contributed by atoms with Gasteiger partial charge in [-0.15, -0.1) is 0 Å². The highest BCUT2D eigenvalue weighted by Gasteiger charge is 2.25. The Morgan fingerprint density at radius 3 is 1.52 bits per heavy atom. The first-order valence-corrected chi connectivity index (χ1v) is 13.2. The molecule has 238 valence electrons. The molecule has 1 heterocycles. The van der Waals surface area contributed by atoms with E-state index in [1.54, 1.807) is 0 Å². The fourth-order valence-electron chi connectivity index (χ4n) is 3.06. The van der Waals surface area contributed by atoms with Crippen LogP contribution in [0, 0.1) is 0 Å². The van der Waals surface area contributed by atoms with Gasteiger partial charge in [0.2, 0.25) is 11.8 Å². The second kappa shape index (κ2) is 23.1. The molecule has 0 radical (unpaired) electrons. The van der Waals surface area contributed by atoms with Crippen LogP contribution in [0.1, 0.15) is 12.8 Å². The van der Waals surface area contributed by atoms with Crippen LogP contribution in [0.3, 0.4) is 0 Å². The third kappa shape index (κ3) is 18.8. The second-order valence-electron chi connectivity index (χ2n) is 8.43. The first-order valence-electron chi connectivity index (χ1n) is 13.2. The van der Waals surface area contributed by atoms with Crippen molar-refractivity contribution < 1.29 is 67.4 Å². The number of carbonyl (C=O) groups is 6. The van der Waals surface area contributed by atoms with E-state index in [-0.39, 0.29) is 45.9 Å². The van der Waals surface area contributed by atoms with E-state index in [4.69, 9.17) is 38.6 Å². The van der Waals surface area contributed by atoms with E-state index in [0.717, 1.165) is 17.1 Å². The molecule has 1 atom stereocenters. The summed E-state index contributed by atoms with van der Waals surface area (Å²) in [5.74, 6) is -4.84. The van der Waals surface area contributed by atoms with Crippen molar-refractivity contribution in [3.63, 3.8) is 0 Å². The zero-order valence-corrected chi connectivity index (χ0v) is 23.3. The van der Waals surface area contributed by atoms with Gasteiger partial charge in [0.25, 0.3) is 11.8 Å². The average molecular weight is 606 g/mol. The van der Waals surface area contributed by atoms with Crippen LogP contribution in [0.2, 0.25) is 0 Å². The van der Waals surface area contributed by atoms with Crippen LogP contribution < -0.4 is 10.6 Å². The number of amides is 4. The van der Waals surface area contributed by atoms with E-state index in [1.165, 1.54) is 0 Å². The van der Waals surface area contributed by atoms with E-state index >= 15 is 0 Å². The van der Waals surface area contributed by atoms with E-state index < -0.39 is 48.0 Å². The minimum atomic E-state index is -1.49. The van der Waals surface area contributed by atoms with Crippen LogP contribution in [0.15, 0.2) is 12.2 Å². The van der Waals surface area contributed by atoms with Crippen molar-refractivity contribution >= 4 is 35.6 Å². The number of imide groups is 1. The first kappa shape index (κ1) is 36.5. The monoisotopic (exact) mass is 605 g/mol. The number of nitrogens with zero attached hydrogens (tertiary/aromatic N) is 1. The maximum atomic E-state index is 11.7. The lowest BCUT2D eigenvalue weighted by Gasteiger charge is -2.13. The Morgan fingerprint density at radius 2 is 1.10 bits per heavy atom. The van der Waals surface area contributed by atoms with Gasteiger partial charge in [-0.05, 0) is 0 Å². The predicted molar refractivity (Wildman–Crippen MR) is 140 cm³/mol. The van der Waals surface area contributed by atoms with Gasteiger partial charge in [-0.25, -0.2) is 4.79 Å². The van der Waals surface area contributed by atoms with Gasteiger partial charge in [0.15, 0.2) is 0 Å². The predicted octanol–water partition coefficient (Wildman–Crippen LogP) is -2.44. The Balaban J connectivity index is 1.78. The normalized spacial score (nSPS) is 13.4. The fraction of sp³-hybridized carbons (Fsp3) is 0.680. The highest BCUT2D eigenvalue weighted by atomic mass is 16.6. The van der Waals surface area contributed by atoms with Crippen molar-refractivity contribution in [1.82, 2.24) is 15.5 Å². The number of carboxylic acids is 2. The molecule has 0 aliphatic carbocycles. The van der Waals surface area contributed by atoms with Crippen molar-refractivity contribution in [2.45, 2.75) is 18.9 Å². The summed E-state index contributed by atoms with van der Waals surface area (Å²) in [6, 6.07) is -1.49. The maximum absolute atomic E-state index is 11.7. The lowest BCUT2D eigenvalue weighted by molar-refractivity contribution is -0.147. The summed E-state index contributed by atoms with van der Waals surface area (Å²) < 4.78 is 32.0. The molecule has 0 saturated heterocycles. The molecule has 1 aliphatic heterocycles. The van der Waals surface area contributed by atoms with Crippen molar-refractivity contribution in [1.29, 1.82) is 0 Å². The van der Waals surface area contributed by atoms with E-state index in [1.807, 2.05) is 0 Å². The summed E-state index contributed by atoms with van der Waals surface area (Å²) in [7, 11) is 0. The minimum Gasteiger partial charge on any atom is -0.481 e. The van der Waals surface area contributed by atoms with Crippen molar-refractivity contribution in [2.24, 2.45) is 0 Å². The number of hydrogen-bond donors (Lipinski definition) is 4. The van der Waals surface area contributed by atoms with Gasteiger partial charge >= 0.3 is 11.9 Å². The van der Waals surface area contributed by atoms with Crippen molar-refractivity contribution in [2.75, 3.05) is 92.4 Å².